The van der Waals surface area contributed by atoms with Gasteiger partial charge in [-0.1, -0.05) is 11.6 Å². The van der Waals surface area contributed by atoms with Crippen LogP contribution in [0.15, 0.2) is 54.2 Å². The van der Waals surface area contributed by atoms with Crippen LogP contribution < -0.4 is 5.32 Å². The highest BCUT2D eigenvalue weighted by Gasteiger charge is 2.16. The van der Waals surface area contributed by atoms with Crippen molar-refractivity contribution in [3.8, 4) is 16.5 Å². The number of benzene rings is 1. The summed E-state index contributed by atoms with van der Waals surface area (Å²) >= 11 is 7.26. The zero-order valence-electron chi connectivity index (χ0n) is 14.1. The van der Waals surface area contributed by atoms with Gasteiger partial charge in [-0.25, -0.2) is 19.6 Å². The van der Waals surface area contributed by atoms with Crippen molar-refractivity contribution in [2.24, 2.45) is 0 Å². The van der Waals surface area contributed by atoms with E-state index in [2.05, 4.69) is 25.4 Å². The van der Waals surface area contributed by atoms with Gasteiger partial charge in [0.25, 0.3) is 5.91 Å². The van der Waals surface area contributed by atoms with Gasteiger partial charge < -0.3 is 5.32 Å². The minimum atomic E-state index is -0.330. The third-order valence-electron chi connectivity index (χ3n) is 3.64. The summed E-state index contributed by atoms with van der Waals surface area (Å²) < 4.78 is 1.65. The normalized spacial score (nSPS) is 10.7. The Kier molecular flexibility index (Phi) is 4.66. The zero-order chi connectivity index (χ0) is 18.8. The Bertz CT molecular complexity index is 1090. The van der Waals surface area contributed by atoms with E-state index in [-0.39, 0.29) is 5.91 Å². The maximum atomic E-state index is 12.6. The molecule has 9 heteroatoms. The Labute approximate surface area is 163 Å². The van der Waals surface area contributed by atoms with Crippen LogP contribution in [0.5, 0.6) is 0 Å². The van der Waals surface area contributed by atoms with Gasteiger partial charge in [-0.15, -0.1) is 11.3 Å². The van der Waals surface area contributed by atoms with Crippen LogP contribution in [0.1, 0.15) is 16.2 Å². The van der Waals surface area contributed by atoms with E-state index in [0.29, 0.717) is 27.4 Å². The van der Waals surface area contributed by atoms with Crippen molar-refractivity contribution in [1.82, 2.24) is 24.7 Å². The lowest BCUT2D eigenvalue weighted by atomic mass is 10.3. The maximum absolute atomic E-state index is 12.6. The molecule has 0 bridgehead atoms. The highest BCUT2D eigenvalue weighted by atomic mass is 35.5. The Morgan fingerprint density at radius 1 is 1.19 bits per heavy atom. The van der Waals surface area contributed by atoms with Crippen LogP contribution >= 0.6 is 22.9 Å². The molecule has 0 unspecified atom stereocenters. The minimum absolute atomic E-state index is 0.295. The predicted octanol–water partition coefficient (Wildman–Crippen LogP) is 4.00. The van der Waals surface area contributed by atoms with Crippen LogP contribution in [-0.2, 0) is 0 Å². The van der Waals surface area contributed by atoms with Crippen molar-refractivity contribution in [3.63, 3.8) is 0 Å². The van der Waals surface area contributed by atoms with Crippen molar-refractivity contribution in [3.05, 3.63) is 70.6 Å². The van der Waals surface area contributed by atoms with Crippen LogP contribution in [0.2, 0.25) is 5.02 Å². The lowest BCUT2D eigenvalue weighted by Gasteiger charge is -2.08. The lowest BCUT2D eigenvalue weighted by Crippen LogP contribution is -2.15. The Morgan fingerprint density at radius 3 is 2.67 bits per heavy atom. The fourth-order valence-electron chi connectivity index (χ4n) is 2.44. The number of thiazole rings is 1. The quantitative estimate of drug-likeness (QED) is 0.563. The molecule has 1 N–H and O–H groups in total. The summed E-state index contributed by atoms with van der Waals surface area (Å²) in [6, 6.07) is 10.7. The Balaban J connectivity index is 1.59. The standard InChI is InChI=1S/C18H13ClN6OS/c1-11-9-15(25(24-11)13-5-3-12(19)4-6-13)23-17(26)14-10-27-18(22-14)16-20-7-2-8-21-16/h2-10H,1H3,(H,23,26). The molecule has 0 radical (unpaired) electrons. The van der Waals surface area contributed by atoms with Gasteiger partial charge in [0.15, 0.2) is 10.8 Å². The van der Waals surface area contributed by atoms with Crippen molar-refractivity contribution >= 4 is 34.7 Å². The third-order valence-corrected chi connectivity index (χ3v) is 4.73. The number of carbonyl (C=O) groups excluding carboxylic acids is 1. The average Bonchev–Trinajstić information content (AvgIpc) is 3.30. The molecule has 0 atom stereocenters. The van der Waals surface area contributed by atoms with Gasteiger partial charge in [-0.3, -0.25) is 4.79 Å². The summed E-state index contributed by atoms with van der Waals surface area (Å²) in [6.07, 6.45) is 3.27. The van der Waals surface area contributed by atoms with Crippen molar-refractivity contribution in [1.29, 1.82) is 0 Å². The molecule has 0 fully saturated rings. The van der Waals surface area contributed by atoms with E-state index in [0.717, 1.165) is 11.4 Å². The van der Waals surface area contributed by atoms with Crippen LogP contribution in [0.4, 0.5) is 5.82 Å². The summed E-state index contributed by atoms with van der Waals surface area (Å²) in [6.45, 7) is 1.86. The number of halogens is 1. The molecule has 1 amide bonds. The average molecular weight is 397 g/mol. The second-order valence-corrected chi connectivity index (χ2v) is 6.92. The number of carbonyl (C=O) groups is 1. The second-order valence-electron chi connectivity index (χ2n) is 5.62. The molecule has 3 heterocycles. The fraction of sp³-hybridized carbons (Fsp3) is 0.0556. The number of aryl methyl sites for hydroxylation is 1. The molecule has 4 aromatic rings. The molecule has 0 spiro atoms. The number of amides is 1. The van der Waals surface area contributed by atoms with Crippen LogP contribution in [0.25, 0.3) is 16.5 Å². The first kappa shape index (κ1) is 17.3. The summed E-state index contributed by atoms with van der Waals surface area (Å²) in [4.78, 5) is 25.3. The molecular formula is C18H13ClN6OS. The van der Waals surface area contributed by atoms with Crippen molar-refractivity contribution < 1.29 is 4.79 Å². The monoisotopic (exact) mass is 396 g/mol. The summed E-state index contributed by atoms with van der Waals surface area (Å²) in [5.74, 6) is 0.706. The molecule has 27 heavy (non-hydrogen) atoms. The Hall–Kier alpha value is -3.10. The number of hydrogen-bond acceptors (Lipinski definition) is 6. The van der Waals surface area contributed by atoms with Gasteiger partial charge in [0.1, 0.15) is 11.5 Å². The van der Waals surface area contributed by atoms with Gasteiger partial charge in [0.05, 0.1) is 11.4 Å². The van der Waals surface area contributed by atoms with Gasteiger partial charge >= 0.3 is 0 Å². The third kappa shape index (κ3) is 3.71. The first-order chi connectivity index (χ1) is 13.1. The highest BCUT2D eigenvalue weighted by Crippen LogP contribution is 2.22. The summed E-state index contributed by atoms with van der Waals surface area (Å²) in [5, 5.41) is 10.2. The molecule has 0 aliphatic heterocycles. The number of anilines is 1. The lowest BCUT2D eigenvalue weighted by molar-refractivity contribution is 0.102. The number of rotatable bonds is 4. The maximum Gasteiger partial charge on any atom is 0.276 e. The van der Waals surface area contributed by atoms with Gasteiger partial charge in [-0.05, 0) is 37.3 Å². The molecule has 134 valence electrons. The smallest absolute Gasteiger partial charge is 0.276 e. The molecule has 1 aromatic carbocycles. The molecule has 0 aliphatic carbocycles. The van der Waals surface area contributed by atoms with Crippen LogP contribution in [-0.4, -0.2) is 30.6 Å². The molecule has 7 nitrogen and oxygen atoms in total. The molecular weight excluding hydrogens is 384 g/mol. The van der Waals surface area contributed by atoms with Crippen LogP contribution in [0, 0.1) is 6.92 Å². The van der Waals surface area contributed by atoms with Gasteiger partial charge in [0.2, 0.25) is 0 Å². The van der Waals surface area contributed by atoms with E-state index < -0.39 is 0 Å². The van der Waals surface area contributed by atoms with Crippen molar-refractivity contribution in [2.75, 3.05) is 5.32 Å². The minimum Gasteiger partial charge on any atom is -0.305 e. The van der Waals surface area contributed by atoms with Gasteiger partial charge in [-0.2, -0.15) is 5.10 Å². The first-order valence-corrected chi connectivity index (χ1v) is 9.23. The fourth-order valence-corrected chi connectivity index (χ4v) is 3.31. The van der Waals surface area contributed by atoms with Crippen LogP contribution in [0.3, 0.4) is 0 Å². The van der Waals surface area contributed by atoms with E-state index in [9.17, 15) is 4.79 Å². The number of nitrogens with zero attached hydrogens (tertiary/aromatic N) is 5. The molecule has 3 aromatic heterocycles. The van der Waals surface area contributed by atoms with E-state index in [1.54, 1.807) is 46.7 Å². The summed E-state index contributed by atoms with van der Waals surface area (Å²) in [7, 11) is 0. The molecule has 0 aliphatic rings. The number of aromatic nitrogens is 5. The zero-order valence-corrected chi connectivity index (χ0v) is 15.7. The van der Waals surface area contributed by atoms with Gasteiger partial charge in [0, 0.05) is 28.9 Å². The van der Waals surface area contributed by atoms with E-state index in [4.69, 9.17) is 11.6 Å². The van der Waals surface area contributed by atoms with E-state index in [1.807, 2.05) is 19.1 Å². The highest BCUT2D eigenvalue weighted by molar-refractivity contribution is 7.13. The second kappa shape index (κ2) is 7.26. The number of nitrogens with one attached hydrogen (secondary N) is 1. The summed E-state index contributed by atoms with van der Waals surface area (Å²) in [5.41, 5.74) is 1.86. The number of hydrogen-bond donors (Lipinski definition) is 1. The molecule has 4 rings (SSSR count). The SMILES string of the molecule is Cc1cc(NC(=O)c2csc(-c3ncccn3)n2)n(-c2ccc(Cl)cc2)n1. The van der Waals surface area contributed by atoms with E-state index >= 15 is 0 Å². The van der Waals surface area contributed by atoms with Crippen molar-refractivity contribution in [2.45, 2.75) is 6.92 Å². The topological polar surface area (TPSA) is 85.6 Å². The largest absolute Gasteiger partial charge is 0.305 e. The van der Waals surface area contributed by atoms with E-state index in [1.165, 1.54) is 11.3 Å². The molecule has 0 saturated heterocycles. The first-order valence-electron chi connectivity index (χ1n) is 7.97. The predicted molar refractivity (Wildman–Crippen MR) is 104 cm³/mol. The Morgan fingerprint density at radius 2 is 1.93 bits per heavy atom. The molecule has 0 saturated carbocycles.